The number of hydrogen-bond acceptors (Lipinski definition) is 3. The van der Waals surface area contributed by atoms with E-state index in [0.29, 0.717) is 11.6 Å². The van der Waals surface area contributed by atoms with Crippen LogP contribution >= 0.6 is 11.6 Å². The highest BCUT2D eigenvalue weighted by atomic mass is 35.5. The van der Waals surface area contributed by atoms with Gasteiger partial charge >= 0.3 is 0 Å². The van der Waals surface area contributed by atoms with Crippen LogP contribution in [0.25, 0.3) is 10.9 Å². The lowest BCUT2D eigenvalue weighted by molar-refractivity contribution is 0.479. The standard InChI is InChI=1S/C13H16ClN3/c1-13(16,8-15)7-9-4-5-17-12-6-10(14)2-3-11(9)12/h2-6H,7-8,15-16H2,1H3. The fourth-order valence-corrected chi connectivity index (χ4v) is 2.01. The molecule has 1 unspecified atom stereocenters. The van der Waals surface area contributed by atoms with Gasteiger partial charge in [-0.2, -0.15) is 0 Å². The van der Waals surface area contributed by atoms with Gasteiger partial charge in [-0.05, 0) is 37.1 Å². The van der Waals surface area contributed by atoms with Crippen molar-refractivity contribution >= 4 is 22.5 Å². The Kier molecular flexibility index (Phi) is 3.33. The first-order chi connectivity index (χ1) is 8.02. The maximum Gasteiger partial charge on any atom is 0.0719 e. The molecule has 2 rings (SSSR count). The zero-order chi connectivity index (χ0) is 12.5. The number of hydrogen-bond donors (Lipinski definition) is 2. The molecule has 0 radical (unpaired) electrons. The Balaban J connectivity index is 2.48. The summed E-state index contributed by atoms with van der Waals surface area (Å²) in [6.45, 7) is 2.40. The number of nitrogens with two attached hydrogens (primary N) is 2. The van der Waals surface area contributed by atoms with Gasteiger partial charge in [0.25, 0.3) is 0 Å². The number of halogens is 1. The van der Waals surface area contributed by atoms with Crippen molar-refractivity contribution in [2.75, 3.05) is 6.54 Å². The molecule has 0 saturated carbocycles. The van der Waals surface area contributed by atoms with Gasteiger partial charge in [0.2, 0.25) is 0 Å². The summed E-state index contributed by atoms with van der Waals surface area (Å²) in [5.41, 5.74) is 13.4. The lowest BCUT2D eigenvalue weighted by Crippen LogP contribution is -2.45. The van der Waals surface area contributed by atoms with Gasteiger partial charge in [0.1, 0.15) is 0 Å². The zero-order valence-electron chi connectivity index (χ0n) is 9.78. The molecule has 0 aliphatic rings. The molecule has 90 valence electrons. The summed E-state index contributed by atoms with van der Waals surface area (Å²) in [6, 6.07) is 7.69. The molecule has 0 aliphatic carbocycles. The first-order valence-electron chi connectivity index (χ1n) is 5.54. The second-order valence-corrected chi connectivity index (χ2v) is 5.10. The highest BCUT2D eigenvalue weighted by Gasteiger charge is 2.18. The first kappa shape index (κ1) is 12.3. The smallest absolute Gasteiger partial charge is 0.0719 e. The van der Waals surface area contributed by atoms with E-state index in [0.717, 1.165) is 22.9 Å². The maximum absolute atomic E-state index is 6.10. The average molecular weight is 250 g/mol. The number of aromatic nitrogens is 1. The fourth-order valence-electron chi connectivity index (χ4n) is 1.84. The van der Waals surface area contributed by atoms with Crippen LogP contribution < -0.4 is 11.5 Å². The van der Waals surface area contributed by atoms with Crippen molar-refractivity contribution in [1.82, 2.24) is 4.98 Å². The Hall–Kier alpha value is -1.16. The van der Waals surface area contributed by atoms with Gasteiger partial charge in [0.15, 0.2) is 0 Å². The number of benzene rings is 1. The summed E-state index contributed by atoms with van der Waals surface area (Å²) in [5, 5.41) is 1.78. The Morgan fingerprint density at radius 2 is 2.12 bits per heavy atom. The van der Waals surface area contributed by atoms with Gasteiger partial charge in [-0.25, -0.2) is 0 Å². The van der Waals surface area contributed by atoms with Crippen molar-refractivity contribution in [2.45, 2.75) is 18.9 Å². The van der Waals surface area contributed by atoms with Crippen LogP contribution in [0.3, 0.4) is 0 Å². The molecule has 0 bridgehead atoms. The summed E-state index contributed by atoms with van der Waals surface area (Å²) < 4.78 is 0. The monoisotopic (exact) mass is 249 g/mol. The number of fused-ring (bicyclic) bond motifs is 1. The molecule has 1 aromatic carbocycles. The van der Waals surface area contributed by atoms with Crippen LogP contribution in [0.2, 0.25) is 5.02 Å². The topological polar surface area (TPSA) is 64.9 Å². The normalized spacial score (nSPS) is 14.8. The van der Waals surface area contributed by atoms with Crippen molar-refractivity contribution in [2.24, 2.45) is 11.5 Å². The molecule has 4 N–H and O–H groups in total. The lowest BCUT2D eigenvalue weighted by atomic mass is 9.92. The highest BCUT2D eigenvalue weighted by Crippen LogP contribution is 2.23. The molecular formula is C13H16ClN3. The van der Waals surface area contributed by atoms with Crippen LogP contribution in [-0.2, 0) is 6.42 Å². The lowest BCUT2D eigenvalue weighted by Gasteiger charge is -2.23. The van der Waals surface area contributed by atoms with Crippen LogP contribution in [-0.4, -0.2) is 17.1 Å². The minimum absolute atomic E-state index is 0.395. The SMILES string of the molecule is CC(N)(CN)Cc1ccnc2cc(Cl)ccc12. The molecule has 4 heteroatoms. The summed E-state index contributed by atoms with van der Waals surface area (Å²) in [6.07, 6.45) is 2.50. The summed E-state index contributed by atoms with van der Waals surface area (Å²) in [4.78, 5) is 4.30. The van der Waals surface area contributed by atoms with Crippen molar-refractivity contribution in [1.29, 1.82) is 0 Å². The Labute approximate surface area is 106 Å². The number of pyridine rings is 1. The molecular weight excluding hydrogens is 234 g/mol. The zero-order valence-corrected chi connectivity index (χ0v) is 10.5. The molecule has 0 saturated heterocycles. The Bertz CT molecular complexity index is 537. The largest absolute Gasteiger partial charge is 0.329 e. The van der Waals surface area contributed by atoms with Crippen molar-refractivity contribution in [3.63, 3.8) is 0 Å². The van der Waals surface area contributed by atoms with E-state index in [1.807, 2.05) is 31.2 Å². The van der Waals surface area contributed by atoms with Crippen LogP contribution in [0, 0.1) is 0 Å². The van der Waals surface area contributed by atoms with E-state index in [-0.39, 0.29) is 0 Å². The molecule has 1 aromatic heterocycles. The van der Waals surface area contributed by atoms with Gasteiger partial charge in [-0.3, -0.25) is 4.98 Å². The second-order valence-electron chi connectivity index (χ2n) is 4.67. The molecule has 1 atom stereocenters. The predicted octanol–water partition coefficient (Wildman–Crippen LogP) is 2.11. The third-order valence-corrected chi connectivity index (χ3v) is 3.09. The second kappa shape index (κ2) is 4.61. The quantitative estimate of drug-likeness (QED) is 0.876. The summed E-state index contributed by atoms with van der Waals surface area (Å²) in [7, 11) is 0. The van der Waals surface area contributed by atoms with Crippen LogP contribution in [0.15, 0.2) is 30.5 Å². The van der Waals surface area contributed by atoms with Crippen molar-refractivity contribution in [3.8, 4) is 0 Å². The molecule has 2 aromatic rings. The number of rotatable bonds is 3. The van der Waals surface area contributed by atoms with E-state index in [1.54, 1.807) is 6.20 Å². The van der Waals surface area contributed by atoms with E-state index < -0.39 is 5.54 Å². The van der Waals surface area contributed by atoms with Gasteiger partial charge in [-0.1, -0.05) is 17.7 Å². The number of nitrogens with zero attached hydrogens (tertiary/aromatic N) is 1. The Morgan fingerprint density at radius 1 is 1.35 bits per heavy atom. The third kappa shape index (κ3) is 2.75. The fraction of sp³-hybridized carbons (Fsp3) is 0.308. The molecule has 0 spiro atoms. The van der Waals surface area contributed by atoms with E-state index in [1.165, 1.54) is 0 Å². The first-order valence-corrected chi connectivity index (χ1v) is 5.92. The summed E-state index contributed by atoms with van der Waals surface area (Å²) in [5.74, 6) is 0. The maximum atomic E-state index is 6.10. The third-order valence-electron chi connectivity index (χ3n) is 2.86. The van der Waals surface area contributed by atoms with Crippen LogP contribution in [0.1, 0.15) is 12.5 Å². The minimum Gasteiger partial charge on any atom is -0.329 e. The molecule has 3 nitrogen and oxygen atoms in total. The molecule has 0 aliphatic heterocycles. The van der Waals surface area contributed by atoms with E-state index in [4.69, 9.17) is 23.1 Å². The molecule has 0 amide bonds. The van der Waals surface area contributed by atoms with Gasteiger partial charge in [0, 0.05) is 28.7 Å². The molecule has 1 heterocycles. The van der Waals surface area contributed by atoms with Gasteiger partial charge in [-0.15, -0.1) is 0 Å². The van der Waals surface area contributed by atoms with Gasteiger partial charge in [0.05, 0.1) is 5.52 Å². The van der Waals surface area contributed by atoms with Crippen molar-refractivity contribution < 1.29 is 0 Å². The van der Waals surface area contributed by atoms with Crippen LogP contribution in [0.4, 0.5) is 0 Å². The van der Waals surface area contributed by atoms with Gasteiger partial charge < -0.3 is 11.5 Å². The Morgan fingerprint density at radius 3 is 2.82 bits per heavy atom. The predicted molar refractivity (Wildman–Crippen MR) is 72.1 cm³/mol. The van der Waals surface area contributed by atoms with E-state index >= 15 is 0 Å². The highest BCUT2D eigenvalue weighted by molar-refractivity contribution is 6.31. The minimum atomic E-state index is -0.395. The van der Waals surface area contributed by atoms with E-state index in [9.17, 15) is 0 Å². The average Bonchev–Trinajstić information content (AvgIpc) is 2.28. The molecule has 17 heavy (non-hydrogen) atoms. The van der Waals surface area contributed by atoms with Crippen LogP contribution in [0.5, 0.6) is 0 Å². The molecule has 0 fully saturated rings. The van der Waals surface area contributed by atoms with E-state index in [2.05, 4.69) is 4.98 Å². The van der Waals surface area contributed by atoms with Crippen molar-refractivity contribution in [3.05, 3.63) is 41.0 Å². The summed E-state index contributed by atoms with van der Waals surface area (Å²) >= 11 is 5.95.